The van der Waals surface area contributed by atoms with Crippen molar-refractivity contribution in [2.24, 2.45) is 11.8 Å². The van der Waals surface area contributed by atoms with Crippen LogP contribution in [0.1, 0.15) is 12.5 Å². The zero-order valence-electron chi connectivity index (χ0n) is 9.73. The lowest BCUT2D eigenvalue weighted by atomic mass is 9.88. The third-order valence-corrected chi connectivity index (χ3v) is 3.19. The van der Waals surface area contributed by atoms with Crippen molar-refractivity contribution < 1.29 is 4.79 Å². The van der Waals surface area contributed by atoms with Gasteiger partial charge in [0.25, 0.3) is 0 Å². The number of anilines is 1. The number of benzene rings is 1. The van der Waals surface area contributed by atoms with Crippen LogP contribution in [0.15, 0.2) is 24.3 Å². The summed E-state index contributed by atoms with van der Waals surface area (Å²) in [5.41, 5.74) is 1.24. The van der Waals surface area contributed by atoms with Crippen LogP contribution < -0.4 is 10.6 Å². The molecule has 2 rings (SSSR count). The fourth-order valence-electron chi connectivity index (χ4n) is 1.80. The van der Waals surface area contributed by atoms with Crippen molar-refractivity contribution in [3.05, 3.63) is 29.8 Å². The molecule has 1 saturated heterocycles. The van der Waals surface area contributed by atoms with Gasteiger partial charge in [0.1, 0.15) is 0 Å². The molecule has 0 bridgehead atoms. The van der Waals surface area contributed by atoms with E-state index in [0.29, 0.717) is 17.2 Å². The number of nitrogens with zero attached hydrogens (tertiary/aromatic N) is 1. The van der Waals surface area contributed by atoms with Crippen LogP contribution in [0, 0.1) is 23.2 Å². The highest BCUT2D eigenvalue weighted by atomic mass is 16.1. The van der Waals surface area contributed by atoms with Gasteiger partial charge in [-0.2, -0.15) is 5.26 Å². The van der Waals surface area contributed by atoms with E-state index in [1.165, 1.54) is 0 Å². The second-order valence-corrected chi connectivity index (χ2v) is 4.39. The van der Waals surface area contributed by atoms with Crippen molar-refractivity contribution in [3.8, 4) is 6.07 Å². The number of hydrogen-bond donors (Lipinski definition) is 2. The monoisotopic (exact) mass is 229 g/mol. The summed E-state index contributed by atoms with van der Waals surface area (Å²) in [6, 6.07) is 9.02. The highest BCUT2D eigenvalue weighted by Crippen LogP contribution is 2.18. The molecule has 2 N–H and O–H groups in total. The summed E-state index contributed by atoms with van der Waals surface area (Å²) in [6.45, 7) is 3.76. The topological polar surface area (TPSA) is 64.9 Å². The first-order valence-corrected chi connectivity index (χ1v) is 5.72. The van der Waals surface area contributed by atoms with E-state index < -0.39 is 0 Å². The van der Waals surface area contributed by atoms with E-state index in [1.807, 2.05) is 6.92 Å². The molecule has 0 aromatic heterocycles. The van der Waals surface area contributed by atoms with Gasteiger partial charge in [0.2, 0.25) is 5.91 Å². The van der Waals surface area contributed by atoms with Crippen LogP contribution in [0.3, 0.4) is 0 Å². The molecule has 88 valence electrons. The highest BCUT2D eigenvalue weighted by Gasteiger charge is 2.28. The third kappa shape index (κ3) is 2.63. The van der Waals surface area contributed by atoms with Gasteiger partial charge in [0.15, 0.2) is 0 Å². The fourth-order valence-corrected chi connectivity index (χ4v) is 1.80. The molecular weight excluding hydrogens is 214 g/mol. The molecule has 1 unspecified atom stereocenters. The quantitative estimate of drug-likeness (QED) is 0.822. The van der Waals surface area contributed by atoms with E-state index in [1.54, 1.807) is 24.3 Å². The normalized spacial score (nSPS) is 16.7. The van der Waals surface area contributed by atoms with Gasteiger partial charge in [-0.3, -0.25) is 4.79 Å². The Kier molecular flexibility index (Phi) is 3.40. The summed E-state index contributed by atoms with van der Waals surface area (Å²) in [5.74, 6) is 0.447. The largest absolute Gasteiger partial charge is 0.326 e. The molecule has 1 aliphatic rings. The smallest absolute Gasteiger partial charge is 0.227 e. The Balaban J connectivity index is 1.99. The van der Waals surface area contributed by atoms with E-state index in [0.717, 1.165) is 13.1 Å². The van der Waals surface area contributed by atoms with Gasteiger partial charge in [-0.1, -0.05) is 13.0 Å². The van der Waals surface area contributed by atoms with E-state index in [-0.39, 0.29) is 11.8 Å². The predicted octanol–water partition coefficient (Wildman–Crippen LogP) is 1.35. The molecule has 4 heteroatoms. The van der Waals surface area contributed by atoms with Crippen molar-refractivity contribution >= 4 is 11.6 Å². The van der Waals surface area contributed by atoms with Gasteiger partial charge in [0, 0.05) is 11.6 Å². The zero-order valence-corrected chi connectivity index (χ0v) is 9.73. The highest BCUT2D eigenvalue weighted by molar-refractivity contribution is 5.92. The summed E-state index contributed by atoms with van der Waals surface area (Å²) in [7, 11) is 0. The number of hydrogen-bond acceptors (Lipinski definition) is 3. The first-order chi connectivity index (χ1) is 8.20. The molecule has 0 spiro atoms. The second kappa shape index (κ2) is 4.98. The molecule has 1 aliphatic heterocycles. The lowest BCUT2D eigenvalue weighted by Crippen LogP contribution is -2.48. The van der Waals surface area contributed by atoms with E-state index in [4.69, 9.17) is 5.26 Å². The summed E-state index contributed by atoms with van der Waals surface area (Å²) in [6.07, 6.45) is 0. The van der Waals surface area contributed by atoms with Crippen molar-refractivity contribution in [2.45, 2.75) is 6.92 Å². The summed E-state index contributed by atoms with van der Waals surface area (Å²) < 4.78 is 0. The Morgan fingerprint density at radius 2 is 2.35 bits per heavy atom. The van der Waals surface area contributed by atoms with Gasteiger partial charge in [0.05, 0.1) is 11.6 Å². The Morgan fingerprint density at radius 1 is 1.59 bits per heavy atom. The molecule has 1 heterocycles. The van der Waals surface area contributed by atoms with Gasteiger partial charge in [-0.05, 0) is 37.2 Å². The van der Waals surface area contributed by atoms with E-state index in [9.17, 15) is 4.79 Å². The number of carbonyl (C=O) groups is 1. The van der Waals surface area contributed by atoms with Crippen LogP contribution in [0.4, 0.5) is 5.69 Å². The van der Waals surface area contributed by atoms with Gasteiger partial charge < -0.3 is 10.6 Å². The molecule has 0 aliphatic carbocycles. The molecule has 1 aromatic rings. The van der Waals surface area contributed by atoms with Gasteiger partial charge >= 0.3 is 0 Å². The Bertz CT molecular complexity index is 460. The minimum absolute atomic E-state index is 0.00184. The molecule has 1 aromatic carbocycles. The molecule has 1 atom stereocenters. The molecule has 0 saturated carbocycles. The number of carbonyl (C=O) groups excluding carboxylic acids is 1. The van der Waals surface area contributed by atoms with E-state index >= 15 is 0 Å². The molecular formula is C13H15N3O. The maximum absolute atomic E-state index is 11.9. The molecule has 1 fully saturated rings. The molecule has 1 amide bonds. The van der Waals surface area contributed by atoms with Crippen LogP contribution in [0.5, 0.6) is 0 Å². The van der Waals surface area contributed by atoms with Crippen LogP contribution in [-0.2, 0) is 4.79 Å². The summed E-state index contributed by atoms with van der Waals surface area (Å²) >= 11 is 0. The van der Waals surface area contributed by atoms with Crippen LogP contribution in [-0.4, -0.2) is 19.0 Å². The zero-order chi connectivity index (χ0) is 12.3. The Hall–Kier alpha value is -1.86. The SMILES string of the molecule is CC(C(=O)Nc1cccc(C#N)c1)C1CNC1. The van der Waals surface area contributed by atoms with Crippen molar-refractivity contribution in [2.75, 3.05) is 18.4 Å². The summed E-state index contributed by atoms with van der Waals surface area (Å²) in [4.78, 5) is 11.9. The average Bonchev–Trinajstić information content (AvgIpc) is 2.27. The first-order valence-electron chi connectivity index (χ1n) is 5.72. The van der Waals surface area contributed by atoms with Crippen LogP contribution in [0.2, 0.25) is 0 Å². The number of rotatable bonds is 3. The average molecular weight is 229 g/mol. The molecule has 17 heavy (non-hydrogen) atoms. The predicted molar refractivity (Wildman–Crippen MR) is 65.3 cm³/mol. The van der Waals surface area contributed by atoms with Crippen molar-refractivity contribution in [3.63, 3.8) is 0 Å². The van der Waals surface area contributed by atoms with Gasteiger partial charge in [-0.25, -0.2) is 0 Å². The number of nitriles is 1. The minimum atomic E-state index is 0.00184. The minimum Gasteiger partial charge on any atom is -0.326 e. The number of nitrogens with one attached hydrogen (secondary N) is 2. The Labute approximate surface area is 101 Å². The lowest BCUT2D eigenvalue weighted by Gasteiger charge is -2.31. The Morgan fingerprint density at radius 3 is 2.94 bits per heavy atom. The van der Waals surface area contributed by atoms with E-state index in [2.05, 4.69) is 16.7 Å². The molecule has 0 radical (unpaired) electrons. The fraction of sp³-hybridized carbons (Fsp3) is 0.385. The van der Waals surface area contributed by atoms with Gasteiger partial charge in [-0.15, -0.1) is 0 Å². The lowest BCUT2D eigenvalue weighted by molar-refractivity contribution is -0.121. The van der Waals surface area contributed by atoms with Crippen LogP contribution >= 0.6 is 0 Å². The second-order valence-electron chi connectivity index (χ2n) is 4.39. The standard InChI is InChI=1S/C13H15N3O/c1-9(11-7-15-8-11)13(17)16-12-4-2-3-10(5-12)6-14/h2-5,9,11,15H,7-8H2,1H3,(H,16,17). The van der Waals surface area contributed by atoms with Crippen molar-refractivity contribution in [1.29, 1.82) is 5.26 Å². The number of amides is 1. The maximum Gasteiger partial charge on any atom is 0.227 e. The maximum atomic E-state index is 11.9. The molecule has 4 nitrogen and oxygen atoms in total. The summed E-state index contributed by atoms with van der Waals surface area (Å²) in [5, 5.41) is 14.8. The van der Waals surface area contributed by atoms with Crippen LogP contribution in [0.25, 0.3) is 0 Å². The van der Waals surface area contributed by atoms with Crippen molar-refractivity contribution in [1.82, 2.24) is 5.32 Å². The third-order valence-electron chi connectivity index (χ3n) is 3.19. The first kappa shape index (κ1) is 11.6.